The summed E-state index contributed by atoms with van der Waals surface area (Å²) in [5, 5.41) is 11.8. The Hall–Kier alpha value is -1.10. The second-order valence-corrected chi connectivity index (χ2v) is 6.39. The highest BCUT2D eigenvalue weighted by Gasteiger charge is 2.26. The van der Waals surface area contributed by atoms with E-state index in [1.807, 2.05) is 20.8 Å². The number of amides is 1. The molecule has 0 radical (unpaired) electrons. The van der Waals surface area contributed by atoms with Crippen molar-refractivity contribution in [2.75, 3.05) is 19.6 Å². The smallest absolute Gasteiger partial charge is 0.303 e. The highest BCUT2D eigenvalue weighted by Crippen LogP contribution is 2.24. The summed E-state index contributed by atoms with van der Waals surface area (Å²) in [6.07, 6.45) is 2.75. The number of nitrogens with zero attached hydrogens (tertiary/aromatic N) is 1. The van der Waals surface area contributed by atoms with Gasteiger partial charge in [-0.1, -0.05) is 13.8 Å². The second kappa shape index (κ2) is 6.89. The van der Waals surface area contributed by atoms with E-state index in [1.54, 1.807) is 0 Å². The van der Waals surface area contributed by atoms with E-state index in [2.05, 4.69) is 10.2 Å². The molecular weight excluding hydrogens is 244 g/mol. The van der Waals surface area contributed by atoms with Gasteiger partial charge in [0.25, 0.3) is 0 Å². The first-order valence-electron chi connectivity index (χ1n) is 7.02. The quantitative estimate of drug-likeness (QED) is 0.735. The minimum Gasteiger partial charge on any atom is -0.481 e. The number of hydrogen-bond acceptors (Lipinski definition) is 3. The van der Waals surface area contributed by atoms with Crippen molar-refractivity contribution in [2.45, 2.75) is 52.5 Å². The highest BCUT2D eigenvalue weighted by atomic mass is 16.4. The van der Waals surface area contributed by atoms with Gasteiger partial charge >= 0.3 is 5.97 Å². The standard InChI is InChI=1S/C14H26N2O3/c1-11(10-16-6-4-5-7-16)15-12(17)8-14(2,3)9-13(18)19/h11H,4-10H2,1-3H3,(H,15,17)(H,18,19). The van der Waals surface area contributed by atoms with Gasteiger partial charge in [0.2, 0.25) is 5.91 Å². The number of nitrogens with one attached hydrogen (secondary N) is 1. The van der Waals surface area contributed by atoms with E-state index in [0.29, 0.717) is 0 Å². The molecule has 1 rings (SSSR count). The molecule has 1 saturated heterocycles. The first kappa shape index (κ1) is 16.0. The van der Waals surface area contributed by atoms with Crippen molar-refractivity contribution >= 4 is 11.9 Å². The Balaban J connectivity index is 2.31. The molecule has 5 heteroatoms. The van der Waals surface area contributed by atoms with E-state index in [9.17, 15) is 9.59 Å². The Morgan fingerprint density at radius 3 is 2.37 bits per heavy atom. The van der Waals surface area contributed by atoms with Crippen molar-refractivity contribution in [3.63, 3.8) is 0 Å². The van der Waals surface area contributed by atoms with Crippen molar-refractivity contribution in [1.29, 1.82) is 0 Å². The van der Waals surface area contributed by atoms with Crippen LogP contribution in [0.5, 0.6) is 0 Å². The molecule has 1 aliphatic heterocycles. The maximum absolute atomic E-state index is 11.9. The first-order chi connectivity index (χ1) is 8.78. The predicted octanol–water partition coefficient (Wildman–Crippen LogP) is 1.48. The molecule has 2 N–H and O–H groups in total. The van der Waals surface area contributed by atoms with Gasteiger partial charge in [0.1, 0.15) is 0 Å². The van der Waals surface area contributed by atoms with Crippen molar-refractivity contribution in [3.05, 3.63) is 0 Å². The minimum absolute atomic E-state index is 0.0148. The molecular formula is C14H26N2O3. The summed E-state index contributed by atoms with van der Waals surface area (Å²) < 4.78 is 0. The summed E-state index contributed by atoms with van der Waals surface area (Å²) in [7, 11) is 0. The van der Waals surface area contributed by atoms with Crippen LogP contribution in [-0.4, -0.2) is 47.6 Å². The summed E-state index contributed by atoms with van der Waals surface area (Å²) >= 11 is 0. The average Bonchev–Trinajstić information content (AvgIpc) is 2.65. The lowest BCUT2D eigenvalue weighted by Gasteiger charge is -2.25. The first-order valence-corrected chi connectivity index (χ1v) is 7.02. The van der Waals surface area contributed by atoms with Crippen LogP contribution in [0.15, 0.2) is 0 Å². The van der Waals surface area contributed by atoms with E-state index < -0.39 is 11.4 Å². The van der Waals surface area contributed by atoms with Crippen LogP contribution in [0.4, 0.5) is 0 Å². The van der Waals surface area contributed by atoms with Gasteiger partial charge in [-0.05, 0) is 38.3 Å². The van der Waals surface area contributed by atoms with Crippen LogP contribution >= 0.6 is 0 Å². The summed E-state index contributed by atoms with van der Waals surface area (Å²) in [5.41, 5.74) is -0.497. The number of hydrogen-bond donors (Lipinski definition) is 2. The van der Waals surface area contributed by atoms with Gasteiger partial charge in [-0.15, -0.1) is 0 Å². The Morgan fingerprint density at radius 2 is 1.84 bits per heavy atom. The molecule has 5 nitrogen and oxygen atoms in total. The van der Waals surface area contributed by atoms with E-state index in [1.165, 1.54) is 12.8 Å². The fraction of sp³-hybridized carbons (Fsp3) is 0.857. The van der Waals surface area contributed by atoms with Crippen LogP contribution in [0.1, 0.15) is 46.5 Å². The molecule has 0 spiro atoms. The maximum Gasteiger partial charge on any atom is 0.303 e. The number of aliphatic carboxylic acids is 1. The van der Waals surface area contributed by atoms with E-state index >= 15 is 0 Å². The number of carboxylic acids is 1. The Morgan fingerprint density at radius 1 is 1.26 bits per heavy atom. The number of likely N-dealkylation sites (tertiary alicyclic amines) is 1. The van der Waals surface area contributed by atoms with Crippen LogP contribution < -0.4 is 5.32 Å². The van der Waals surface area contributed by atoms with E-state index in [4.69, 9.17) is 5.11 Å². The van der Waals surface area contributed by atoms with Gasteiger partial charge < -0.3 is 15.3 Å². The zero-order chi connectivity index (χ0) is 14.5. The molecule has 1 amide bonds. The van der Waals surface area contributed by atoms with Crippen LogP contribution in [-0.2, 0) is 9.59 Å². The summed E-state index contributed by atoms with van der Waals surface area (Å²) in [5.74, 6) is -0.916. The maximum atomic E-state index is 11.9. The Labute approximate surface area is 115 Å². The molecule has 19 heavy (non-hydrogen) atoms. The van der Waals surface area contributed by atoms with Crippen LogP contribution in [0.25, 0.3) is 0 Å². The van der Waals surface area contributed by atoms with E-state index in [0.717, 1.165) is 19.6 Å². The fourth-order valence-corrected chi connectivity index (χ4v) is 2.63. The lowest BCUT2D eigenvalue weighted by molar-refractivity contribution is -0.139. The lowest BCUT2D eigenvalue weighted by atomic mass is 9.85. The van der Waals surface area contributed by atoms with Gasteiger partial charge in [0.05, 0.1) is 6.42 Å². The van der Waals surface area contributed by atoms with Crippen molar-refractivity contribution in [1.82, 2.24) is 10.2 Å². The molecule has 1 unspecified atom stereocenters. The Bertz CT molecular complexity index is 323. The predicted molar refractivity (Wildman–Crippen MR) is 73.9 cm³/mol. The van der Waals surface area contributed by atoms with Gasteiger partial charge in [0.15, 0.2) is 0 Å². The fourth-order valence-electron chi connectivity index (χ4n) is 2.63. The monoisotopic (exact) mass is 270 g/mol. The zero-order valence-electron chi connectivity index (χ0n) is 12.2. The third-order valence-electron chi connectivity index (χ3n) is 3.41. The lowest BCUT2D eigenvalue weighted by Crippen LogP contribution is -2.42. The number of carbonyl (C=O) groups excluding carboxylic acids is 1. The van der Waals surface area contributed by atoms with Gasteiger partial charge in [-0.2, -0.15) is 0 Å². The minimum atomic E-state index is -0.858. The molecule has 1 atom stereocenters. The highest BCUT2D eigenvalue weighted by molar-refractivity contribution is 5.78. The number of carboxylic acid groups (broad SMARTS) is 1. The third-order valence-corrected chi connectivity index (χ3v) is 3.41. The SMILES string of the molecule is CC(CN1CCCC1)NC(=O)CC(C)(C)CC(=O)O. The molecule has 1 aliphatic rings. The van der Waals surface area contributed by atoms with Crippen LogP contribution in [0.2, 0.25) is 0 Å². The van der Waals surface area contributed by atoms with Crippen molar-refractivity contribution < 1.29 is 14.7 Å². The number of carbonyl (C=O) groups is 2. The van der Waals surface area contributed by atoms with Crippen LogP contribution in [0, 0.1) is 5.41 Å². The van der Waals surface area contributed by atoms with E-state index in [-0.39, 0.29) is 24.8 Å². The summed E-state index contributed by atoms with van der Waals surface area (Å²) in [4.78, 5) is 25.0. The molecule has 0 aromatic rings. The van der Waals surface area contributed by atoms with Crippen molar-refractivity contribution in [2.24, 2.45) is 5.41 Å². The molecule has 0 aliphatic carbocycles. The molecule has 110 valence electrons. The zero-order valence-corrected chi connectivity index (χ0v) is 12.2. The molecule has 0 bridgehead atoms. The molecule has 0 aromatic carbocycles. The molecule has 1 heterocycles. The molecule has 0 aromatic heterocycles. The third kappa shape index (κ3) is 6.57. The molecule has 1 fully saturated rings. The Kier molecular flexibility index (Phi) is 5.79. The normalized spacial score (nSPS) is 18.3. The van der Waals surface area contributed by atoms with Gasteiger partial charge in [0, 0.05) is 19.0 Å². The average molecular weight is 270 g/mol. The number of rotatable bonds is 7. The second-order valence-electron chi connectivity index (χ2n) is 6.39. The summed E-state index contributed by atoms with van der Waals surface area (Å²) in [6, 6.07) is 0.117. The topological polar surface area (TPSA) is 69.6 Å². The van der Waals surface area contributed by atoms with Gasteiger partial charge in [-0.25, -0.2) is 0 Å². The summed E-state index contributed by atoms with van der Waals surface area (Å²) in [6.45, 7) is 8.73. The largest absolute Gasteiger partial charge is 0.481 e. The van der Waals surface area contributed by atoms with Crippen LogP contribution in [0.3, 0.4) is 0 Å². The molecule has 0 saturated carbocycles. The van der Waals surface area contributed by atoms with Gasteiger partial charge in [-0.3, -0.25) is 9.59 Å². The van der Waals surface area contributed by atoms with Crippen molar-refractivity contribution in [3.8, 4) is 0 Å².